The van der Waals surface area contributed by atoms with Crippen LogP contribution in [-0.4, -0.2) is 61.7 Å². The van der Waals surface area contributed by atoms with E-state index in [1.165, 1.54) is 21.3 Å². The highest BCUT2D eigenvalue weighted by Gasteiger charge is 2.33. The summed E-state index contributed by atoms with van der Waals surface area (Å²) in [4.78, 5) is 25.8. The number of aryl methyl sites for hydroxylation is 1. The molecular weight excluding hydrogens is 444 g/mol. The Labute approximate surface area is 183 Å². The van der Waals surface area contributed by atoms with Crippen LogP contribution in [0.4, 0.5) is 14.5 Å². The van der Waals surface area contributed by atoms with Gasteiger partial charge in [0.1, 0.15) is 5.75 Å². The number of carbonyl (C=O) groups excluding carboxylic acids is 2. The standard InChI is InChI=1S/C21H21F2N3O5S/c1-12-9-17-18(31-13(2)20(27)24-17)11-19(12)32(29,30)26-7-5-25(6-8-26)21(28)14-3-4-15(22)16(23)10-14/h3-4,9-11,13H,5-8H2,1-2H3,(H,24,27)/t13-/m0/s1. The van der Waals surface area contributed by atoms with Crippen molar-refractivity contribution in [2.75, 3.05) is 31.5 Å². The second kappa shape index (κ2) is 8.14. The molecule has 8 nitrogen and oxygen atoms in total. The number of benzene rings is 2. The van der Waals surface area contributed by atoms with Crippen molar-refractivity contribution in [3.8, 4) is 5.75 Å². The number of sulfonamides is 1. The summed E-state index contributed by atoms with van der Waals surface area (Å²) in [5.74, 6) is -2.70. The van der Waals surface area contributed by atoms with Crippen molar-refractivity contribution in [2.24, 2.45) is 0 Å². The van der Waals surface area contributed by atoms with E-state index in [0.29, 0.717) is 11.3 Å². The molecule has 4 rings (SSSR count). The van der Waals surface area contributed by atoms with Crippen LogP contribution in [0.1, 0.15) is 22.8 Å². The van der Waals surface area contributed by atoms with Crippen LogP contribution in [0.2, 0.25) is 0 Å². The van der Waals surface area contributed by atoms with Crippen LogP contribution in [0.3, 0.4) is 0 Å². The number of amides is 2. The first-order valence-corrected chi connectivity index (χ1v) is 11.4. The van der Waals surface area contributed by atoms with Crippen LogP contribution >= 0.6 is 0 Å². The van der Waals surface area contributed by atoms with Gasteiger partial charge in [0.05, 0.1) is 10.6 Å². The molecule has 2 aliphatic rings. The lowest BCUT2D eigenvalue weighted by Gasteiger charge is -2.34. The van der Waals surface area contributed by atoms with Gasteiger partial charge in [0.15, 0.2) is 17.7 Å². The zero-order valence-corrected chi connectivity index (χ0v) is 18.2. The monoisotopic (exact) mass is 465 g/mol. The Kier molecular flexibility index (Phi) is 5.63. The minimum atomic E-state index is -3.89. The SMILES string of the molecule is Cc1cc2c(cc1S(=O)(=O)N1CCN(C(=O)c3ccc(F)c(F)c3)CC1)O[C@@H](C)C(=O)N2. The summed E-state index contributed by atoms with van der Waals surface area (Å²) in [6, 6.07) is 5.86. The normalized spacial score (nSPS) is 19.2. The third-order valence-corrected chi connectivity index (χ3v) is 7.56. The van der Waals surface area contributed by atoms with Crippen LogP contribution in [0, 0.1) is 18.6 Å². The highest BCUT2D eigenvalue weighted by Crippen LogP contribution is 2.35. The van der Waals surface area contributed by atoms with Gasteiger partial charge in [-0.3, -0.25) is 9.59 Å². The third kappa shape index (κ3) is 3.93. The third-order valence-electron chi connectivity index (χ3n) is 5.52. The van der Waals surface area contributed by atoms with Gasteiger partial charge in [-0.1, -0.05) is 0 Å². The Hall–Kier alpha value is -3.05. The van der Waals surface area contributed by atoms with Crippen molar-refractivity contribution < 1.29 is 31.5 Å². The van der Waals surface area contributed by atoms with Gasteiger partial charge in [-0.15, -0.1) is 0 Å². The number of hydrogen-bond donors (Lipinski definition) is 1. The van der Waals surface area contributed by atoms with E-state index < -0.39 is 33.7 Å². The number of halogens is 2. The largest absolute Gasteiger partial charge is 0.479 e. The van der Waals surface area contributed by atoms with Crippen LogP contribution in [0.15, 0.2) is 35.2 Å². The highest BCUT2D eigenvalue weighted by atomic mass is 32.2. The number of rotatable bonds is 3. The van der Waals surface area contributed by atoms with Gasteiger partial charge in [-0.2, -0.15) is 4.31 Å². The molecule has 1 atom stereocenters. The van der Waals surface area contributed by atoms with E-state index in [2.05, 4.69) is 5.32 Å². The van der Waals surface area contributed by atoms with E-state index >= 15 is 0 Å². The highest BCUT2D eigenvalue weighted by molar-refractivity contribution is 7.89. The van der Waals surface area contributed by atoms with Crippen LogP contribution < -0.4 is 10.1 Å². The number of nitrogens with zero attached hydrogens (tertiary/aromatic N) is 2. The Bertz CT molecular complexity index is 1210. The molecule has 11 heteroatoms. The van der Waals surface area contributed by atoms with E-state index in [9.17, 15) is 26.8 Å². The molecule has 0 unspecified atom stereocenters. The van der Waals surface area contributed by atoms with Crippen LogP contribution in [0.5, 0.6) is 5.75 Å². The van der Waals surface area contributed by atoms with E-state index in [-0.39, 0.29) is 48.3 Å². The summed E-state index contributed by atoms with van der Waals surface area (Å²) in [6.45, 7) is 3.48. The minimum Gasteiger partial charge on any atom is -0.479 e. The van der Waals surface area contributed by atoms with Gasteiger partial charge in [-0.25, -0.2) is 17.2 Å². The summed E-state index contributed by atoms with van der Waals surface area (Å²) in [7, 11) is -3.89. The number of hydrogen-bond acceptors (Lipinski definition) is 5. The Morgan fingerprint density at radius 2 is 1.78 bits per heavy atom. The lowest BCUT2D eigenvalue weighted by molar-refractivity contribution is -0.122. The van der Waals surface area contributed by atoms with E-state index in [4.69, 9.17) is 4.74 Å². The summed E-state index contributed by atoms with van der Waals surface area (Å²) in [5.41, 5.74) is 0.855. The zero-order chi connectivity index (χ0) is 23.2. The number of carbonyl (C=O) groups is 2. The Balaban J connectivity index is 1.51. The predicted octanol–water partition coefficient (Wildman–Crippen LogP) is 2.14. The Morgan fingerprint density at radius 3 is 2.44 bits per heavy atom. The van der Waals surface area contributed by atoms with Crippen molar-refractivity contribution in [1.82, 2.24) is 9.21 Å². The fourth-order valence-electron chi connectivity index (χ4n) is 3.70. The second-order valence-electron chi connectivity index (χ2n) is 7.69. The fourth-order valence-corrected chi connectivity index (χ4v) is 5.35. The Morgan fingerprint density at radius 1 is 1.09 bits per heavy atom. The van der Waals surface area contributed by atoms with Crippen molar-refractivity contribution in [1.29, 1.82) is 0 Å². The minimum absolute atomic E-state index is 0.000875. The van der Waals surface area contributed by atoms with E-state index in [0.717, 1.165) is 12.1 Å². The molecule has 170 valence electrons. The summed E-state index contributed by atoms with van der Waals surface area (Å²) >= 11 is 0. The van der Waals surface area contributed by atoms with Gasteiger partial charge in [0.25, 0.3) is 11.8 Å². The van der Waals surface area contributed by atoms with Crippen molar-refractivity contribution >= 4 is 27.5 Å². The van der Waals surface area contributed by atoms with Crippen molar-refractivity contribution in [2.45, 2.75) is 24.8 Å². The van der Waals surface area contributed by atoms with Crippen LogP contribution in [-0.2, 0) is 14.8 Å². The quantitative estimate of drug-likeness (QED) is 0.750. The van der Waals surface area contributed by atoms with Gasteiger partial charge in [0, 0.05) is 37.8 Å². The molecule has 2 heterocycles. The number of fused-ring (bicyclic) bond motifs is 1. The molecule has 0 radical (unpaired) electrons. The van der Waals surface area contributed by atoms with Gasteiger partial charge >= 0.3 is 0 Å². The van der Waals surface area contributed by atoms with E-state index in [1.54, 1.807) is 19.9 Å². The average molecular weight is 465 g/mol. The molecule has 1 fully saturated rings. The fraction of sp³-hybridized carbons (Fsp3) is 0.333. The molecule has 2 aromatic rings. The molecule has 0 aromatic heterocycles. The van der Waals surface area contributed by atoms with E-state index in [1.807, 2.05) is 0 Å². The molecular formula is C21H21F2N3O5S. The lowest BCUT2D eigenvalue weighted by Crippen LogP contribution is -2.50. The molecule has 0 spiro atoms. The van der Waals surface area contributed by atoms with Crippen molar-refractivity contribution in [3.05, 3.63) is 53.1 Å². The summed E-state index contributed by atoms with van der Waals surface area (Å²) in [6.07, 6.45) is -0.744. The number of ether oxygens (including phenoxy) is 1. The van der Waals surface area contributed by atoms with Crippen LogP contribution in [0.25, 0.3) is 0 Å². The van der Waals surface area contributed by atoms with Gasteiger partial charge in [-0.05, 0) is 43.7 Å². The smallest absolute Gasteiger partial charge is 0.265 e. The molecule has 0 saturated carbocycles. The first-order chi connectivity index (χ1) is 15.1. The first-order valence-electron chi connectivity index (χ1n) is 9.94. The molecule has 1 saturated heterocycles. The average Bonchev–Trinajstić information content (AvgIpc) is 2.76. The molecule has 1 N–H and O–H groups in total. The predicted molar refractivity (Wildman–Crippen MR) is 111 cm³/mol. The van der Waals surface area contributed by atoms with Gasteiger partial charge in [0.2, 0.25) is 10.0 Å². The maximum atomic E-state index is 13.4. The number of piperazine rings is 1. The molecule has 2 amide bonds. The molecule has 2 aromatic carbocycles. The summed E-state index contributed by atoms with van der Waals surface area (Å²) in [5, 5.41) is 2.68. The topological polar surface area (TPSA) is 96.0 Å². The van der Waals surface area contributed by atoms with Crippen molar-refractivity contribution in [3.63, 3.8) is 0 Å². The molecule has 32 heavy (non-hydrogen) atoms. The molecule has 0 aliphatic carbocycles. The second-order valence-corrected chi connectivity index (χ2v) is 9.59. The first kappa shape index (κ1) is 22.2. The summed E-state index contributed by atoms with van der Waals surface area (Å²) < 4.78 is 59.9. The number of anilines is 1. The molecule has 2 aliphatic heterocycles. The maximum absolute atomic E-state index is 13.4. The lowest BCUT2D eigenvalue weighted by atomic mass is 10.1. The number of nitrogens with one attached hydrogen (secondary N) is 1. The van der Waals surface area contributed by atoms with Gasteiger partial charge < -0.3 is 15.0 Å². The maximum Gasteiger partial charge on any atom is 0.265 e. The molecule has 0 bridgehead atoms. The zero-order valence-electron chi connectivity index (χ0n) is 17.4.